The van der Waals surface area contributed by atoms with Crippen LogP contribution in [0, 0.1) is 5.41 Å². The zero-order chi connectivity index (χ0) is 13.7. The molecule has 1 aliphatic carbocycles. The number of carbonyl (C=O) groups excluding carboxylic acids is 2. The highest BCUT2D eigenvalue weighted by Gasteiger charge is 2.42. The van der Waals surface area contributed by atoms with Crippen molar-refractivity contribution < 1.29 is 9.59 Å². The molecule has 2 heteroatoms. The first kappa shape index (κ1) is 14.0. The van der Waals surface area contributed by atoms with E-state index in [1.54, 1.807) is 0 Å². The Bertz CT molecular complexity index is 450. The summed E-state index contributed by atoms with van der Waals surface area (Å²) in [4.78, 5) is 24.6. The van der Waals surface area contributed by atoms with Gasteiger partial charge in [0.15, 0.2) is 5.78 Å². The van der Waals surface area contributed by atoms with Crippen LogP contribution in [-0.2, 0) is 4.79 Å². The summed E-state index contributed by atoms with van der Waals surface area (Å²) in [6.45, 7) is 2.13. The number of ketones is 2. The lowest BCUT2D eigenvalue weighted by Crippen LogP contribution is -2.29. The molecular formula is C17H22O2. The Morgan fingerprint density at radius 1 is 1.26 bits per heavy atom. The normalized spacial score (nSPS) is 22.7. The molecule has 0 saturated heterocycles. The van der Waals surface area contributed by atoms with E-state index in [4.69, 9.17) is 0 Å². The van der Waals surface area contributed by atoms with E-state index in [2.05, 4.69) is 6.92 Å². The summed E-state index contributed by atoms with van der Waals surface area (Å²) in [6.07, 6.45) is 5.89. The average Bonchev–Trinajstić information content (AvgIpc) is 2.79. The Morgan fingerprint density at radius 2 is 2.00 bits per heavy atom. The summed E-state index contributed by atoms with van der Waals surface area (Å²) >= 11 is 0. The molecular weight excluding hydrogens is 236 g/mol. The van der Waals surface area contributed by atoms with Crippen molar-refractivity contribution in [1.29, 1.82) is 0 Å². The molecule has 1 fully saturated rings. The van der Waals surface area contributed by atoms with Gasteiger partial charge in [0.05, 0.1) is 0 Å². The molecule has 0 spiro atoms. The number of unbranched alkanes of at least 4 members (excludes halogenated alkanes) is 1. The molecule has 1 atom stereocenters. The molecule has 0 N–H and O–H groups in total. The molecule has 0 radical (unpaired) electrons. The number of rotatable bonds is 6. The predicted molar refractivity (Wildman–Crippen MR) is 76.2 cm³/mol. The lowest BCUT2D eigenvalue weighted by atomic mass is 9.75. The first-order valence-electron chi connectivity index (χ1n) is 7.29. The van der Waals surface area contributed by atoms with Gasteiger partial charge in [-0.2, -0.15) is 0 Å². The van der Waals surface area contributed by atoms with E-state index in [1.807, 2.05) is 30.3 Å². The number of carbonyl (C=O) groups is 2. The Morgan fingerprint density at radius 3 is 2.58 bits per heavy atom. The van der Waals surface area contributed by atoms with Gasteiger partial charge in [-0.15, -0.1) is 0 Å². The second-order valence-electron chi connectivity index (χ2n) is 5.63. The van der Waals surface area contributed by atoms with Gasteiger partial charge in [-0.25, -0.2) is 0 Å². The van der Waals surface area contributed by atoms with E-state index in [-0.39, 0.29) is 11.2 Å². The van der Waals surface area contributed by atoms with Crippen LogP contribution < -0.4 is 0 Å². The van der Waals surface area contributed by atoms with Gasteiger partial charge >= 0.3 is 0 Å². The highest BCUT2D eigenvalue weighted by atomic mass is 16.1. The minimum absolute atomic E-state index is 0.118. The van der Waals surface area contributed by atoms with Crippen LogP contribution in [0.25, 0.3) is 0 Å². The molecule has 2 nitrogen and oxygen atoms in total. The van der Waals surface area contributed by atoms with Gasteiger partial charge in [0.1, 0.15) is 5.78 Å². The van der Waals surface area contributed by atoms with Gasteiger partial charge < -0.3 is 0 Å². The molecule has 0 aromatic heterocycles. The summed E-state index contributed by atoms with van der Waals surface area (Å²) in [5, 5.41) is 0. The van der Waals surface area contributed by atoms with Crippen molar-refractivity contribution in [2.75, 3.05) is 0 Å². The number of hydrogen-bond donors (Lipinski definition) is 0. The zero-order valence-electron chi connectivity index (χ0n) is 11.7. The fraction of sp³-hybridized carbons (Fsp3) is 0.529. The molecule has 19 heavy (non-hydrogen) atoms. The predicted octanol–water partition coefficient (Wildman–Crippen LogP) is 4.19. The van der Waals surface area contributed by atoms with Gasteiger partial charge in [0.2, 0.25) is 0 Å². The molecule has 1 saturated carbocycles. The smallest absolute Gasteiger partial charge is 0.163 e. The minimum atomic E-state index is -0.358. The number of benzene rings is 1. The lowest BCUT2D eigenvalue weighted by molar-refractivity contribution is -0.126. The minimum Gasteiger partial charge on any atom is -0.299 e. The molecule has 0 bridgehead atoms. The van der Waals surface area contributed by atoms with Gasteiger partial charge in [-0.3, -0.25) is 9.59 Å². The van der Waals surface area contributed by atoms with E-state index in [1.165, 1.54) is 0 Å². The first-order chi connectivity index (χ1) is 9.18. The Balaban J connectivity index is 2.12. The van der Waals surface area contributed by atoms with E-state index >= 15 is 0 Å². The molecule has 0 amide bonds. The van der Waals surface area contributed by atoms with Crippen molar-refractivity contribution >= 4 is 11.6 Å². The van der Waals surface area contributed by atoms with Crippen LogP contribution in [0.3, 0.4) is 0 Å². The number of Topliss-reactive ketones (excluding diaryl/α,β-unsaturated/α-hetero) is 2. The molecule has 1 aromatic rings. The van der Waals surface area contributed by atoms with E-state index in [0.717, 1.165) is 37.7 Å². The van der Waals surface area contributed by atoms with Crippen LogP contribution in [-0.4, -0.2) is 11.6 Å². The molecule has 0 unspecified atom stereocenters. The van der Waals surface area contributed by atoms with Crippen molar-refractivity contribution in [3.63, 3.8) is 0 Å². The molecule has 0 heterocycles. The maximum absolute atomic E-state index is 12.4. The van der Waals surface area contributed by atoms with E-state index in [9.17, 15) is 9.59 Å². The van der Waals surface area contributed by atoms with E-state index in [0.29, 0.717) is 18.6 Å². The van der Waals surface area contributed by atoms with Crippen LogP contribution in [0.15, 0.2) is 30.3 Å². The van der Waals surface area contributed by atoms with Crippen molar-refractivity contribution in [2.24, 2.45) is 5.41 Å². The molecule has 0 aliphatic heterocycles. The fourth-order valence-electron chi connectivity index (χ4n) is 3.08. The van der Waals surface area contributed by atoms with Crippen LogP contribution >= 0.6 is 0 Å². The summed E-state index contributed by atoms with van der Waals surface area (Å²) in [7, 11) is 0. The topological polar surface area (TPSA) is 34.1 Å². The number of hydrogen-bond acceptors (Lipinski definition) is 2. The molecule has 102 valence electrons. The van der Waals surface area contributed by atoms with Crippen LogP contribution in [0.4, 0.5) is 0 Å². The monoisotopic (exact) mass is 258 g/mol. The quantitative estimate of drug-likeness (QED) is 0.717. The van der Waals surface area contributed by atoms with Crippen LogP contribution in [0.5, 0.6) is 0 Å². The Hall–Kier alpha value is -1.44. The summed E-state index contributed by atoms with van der Waals surface area (Å²) in [5.74, 6) is 0.428. The molecule has 1 aliphatic rings. The van der Waals surface area contributed by atoms with Crippen LogP contribution in [0.1, 0.15) is 62.2 Å². The van der Waals surface area contributed by atoms with Crippen LogP contribution in [0.2, 0.25) is 0 Å². The SMILES string of the molecule is CCCC[C@]1(CC(=O)c2ccccc2)CCCC1=O. The summed E-state index contributed by atoms with van der Waals surface area (Å²) < 4.78 is 0. The molecule has 1 aromatic carbocycles. The third-order valence-electron chi connectivity index (χ3n) is 4.25. The maximum atomic E-state index is 12.4. The van der Waals surface area contributed by atoms with Crippen molar-refractivity contribution in [3.8, 4) is 0 Å². The van der Waals surface area contributed by atoms with Crippen molar-refractivity contribution in [1.82, 2.24) is 0 Å². The fourth-order valence-corrected chi connectivity index (χ4v) is 3.08. The van der Waals surface area contributed by atoms with E-state index < -0.39 is 0 Å². The largest absolute Gasteiger partial charge is 0.299 e. The standard InChI is InChI=1S/C17H22O2/c1-2-3-11-17(12-7-10-16(17)19)13-15(18)14-8-5-4-6-9-14/h4-6,8-9H,2-3,7,10-13H2,1H3/t17-/m1/s1. The second kappa shape index (κ2) is 6.14. The van der Waals surface area contributed by atoms with Gasteiger partial charge in [0.25, 0.3) is 0 Å². The zero-order valence-corrected chi connectivity index (χ0v) is 11.7. The van der Waals surface area contributed by atoms with Crippen molar-refractivity contribution in [3.05, 3.63) is 35.9 Å². The lowest BCUT2D eigenvalue weighted by Gasteiger charge is -2.26. The highest BCUT2D eigenvalue weighted by molar-refractivity contribution is 6.00. The Kier molecular flexibility index (Phi) is 4.52. The van der Waals surface area contributed by atoms with Gasteiger partial charge in [-0.1, -0.05) is 50.1 Å². The highest BCUT2D eigenvalue weighted by Crippen LogP contribution is 2.43. The second-order valence-corrected chi connectivity index (χ2v) is 5.63. The average molecular weight is 258 g/mol. The first-order valence-corrected chi connectivity index (χ1v) is 7.29. The summed E-state index contributed by atoms with van der Waals surface area (Å²) in [6, 6.07) is 9.35. The molecule has 2 rings (SSSR count). The summed E-state index contributed by atoms with van der Waals surface area (Å²) in [5.41, 5.74) is 0.376. The van der Waals surface area contributed by atoms with Crippen molar-refractivity contribution in [2.45, 2.75) is 51.9 Å². The Labute approximate surface area is 115 Å². The third kappa shape index (κ3) is 3.12. The third-order valence-corrected chi connectivity index (χ3v) is 4.25. The van der Waals surface area contributed by atoms with Gasteiger partial charge in [-0.05, 0) is 19.3 Å². The maximum Gasteiger partial charge on any atom is 0.163 e. The van der Waals surface area contributed by atoms with Gasteiger partial charge in [0, 0.05) is 23.8 Å².